The van der Waals surface area contributed by atoms with Gasteiger partial charge in [-0.2, -0.15) is 0 Å². The van der Waals surface area contributed by atoms with Crippen LogP contribution in [0.1, 0.15) is 5.56 Å². The van der Waals surface area contributed by atoms with Crippen LogP contribution in [0.25, 0.3) is 6.08 Å². The van der Waals surface area contributed by atoms with Crippen molar-refractivity contribution >= 4 is 12.0 Å². The van der Waals surface area contributed by atoms with E-state index in [9.17, 15) is 4.79 Å². The van der Waals surface area contributed by atoms with Crippen LogP contribution in [0.4, 0.5) is 0 Å². The summed E-state index contributed by atoms with van der Waals surface area (Å²) >= 11 is 0. The van der Waals surface area contributed by atoms with Gasteiger partial charge >= 0.3 is 0 Å². The molecule has 1 amide bonds. The number of nitrogens with zero attached hydrogens (tertiary/aromatic N) is 1. The number of amides is 1. The third-order valence-corrected chi connectivity index (χ3v) is 3.27. The summed E-state index contributed by atoms with van der Waals surface area (Å²) in [6, 6.07) is 5.48. The molecule has 0 heterocycles. The molecule has 1 rings (SSSR count). The van der Waals surface area contributed by atoms with E-state index in [4.69, 9.17) is 18.9 Å². The van der Waals surface area contributed by atoms with Crippen molar-refractivity contribution in [3.05, 3.63) is 29.8 Å². The van der Waals surface area contributed by atoms with E-state index in [0.29, 0.717) is 37.8 Å². The molecule has 0 N–H and O–H groups in total. The predicted octanol–water partition coefficient (Wildman–Crippen LogP) is 1.84. The number of rotatable bonds is 10. The molecule has 0 bridgehead atoms. The van der Waals surface area contributed by atoms with E-state index >= 15 is 0 Å². The first kappa shape index (κ1) is 19.0. The second kappa shape index (κ2) is 10.6. The lowest BCUT2D eigenvalue weighted by molar-refractivity contribution is -0.127. The topological polar surface area (TPSA) is 57.2 Å². The highest BCUT2D eigenvalue weighted by molar-refractivity contribution is 5.91. The Morgan fingerprint density at radius 2 is 1.61 bits per heavy atom. The minimum Gasteiger partial charge on any atom is -0.493 e. The van der Waals surface area contributed by atoms with Gasteiger partial charge in [0.25, 0.3) is 0 Å². The van der Waals surface area contributed by atoms with Gasteiger partial charge in [0.05, 0.1) is 27.4 Å². The van der Waals surface area contributed by atoms with E-state index in [-0.39, 0.29) is 5.91 Å². The largest absolute Gasteiger partial charge is 0.493 e. The molecule has 0 aromatic heterocycles. The summed E-state index contributed by atoms with van der Waals surface area (Å²) in [6.45, 7) is 2.02. The maximum Gasteiger partial charge on any atom is 0.246 e. The average Bonchev–Trinajstić information content (AvgIpc) is 2.59. The zero-order chi connectivity index (χ0) is 17.1. The van der Waals surface area contributed by atoms with Crippen molar-refractivity contribution in [3.8, 4) is 11.5 Å². The molecule has 0 aliphatic carbocycles. The summed E-state index contributed by atoms with van der Waals surface area (Å²) in [6.07, 6.45) is 3.28. The maximum atomic E-state index is 12.3. The van der Waals surface area contributed by atoms with Crippen molar-refractivity contribution in [1.82, 2.24) is 4.90 Å². The van der Waals surface area contributed by atoms with Gasteiger partial charge < -0.3 is 23.8 Å². The molecule has 1 aromatic carbocycles. The highest BCUT2D eigenvalue weighted by atomic mass is 16.5. The van der Waals surface area contributed by atoms with Crippen molar-refractivity contribution in [2.75, 3.05) is 54.7 Å². The second-order valence-corrected chi connectivity index (χ2v) is 4.76. The van der Waals surface area contributed by atoms with Crippen LogP contribution in [-0.2, 0) is 14.3 Å². The zero-order valence-corrected chi connectivity index (χ0v) is 14.2. The van der Waals surface area contributed by atoms with Gasteiger partial charge in [0.15, 0.2) is 11.5 Å². The maximum absolute atomic E-state index is 12.3. The molecular formula is C17H25NO5. The summed E-state index contributed by atoms with van der Waals surface area (Å²) in [4.78, 5) is 14.0. The van der Waals surface area contributed by atoms with Crippen molar-refractivity contribution in [3.63, 3.8) is 0 Å². The number of hydrogen-bond acceptors (Lipinski definition) is 5. The highest BCUT2D eigenvalue weighted by Crippen LogP contribution is 2.27. The summed E-state index contributed by atoms with van der Waals surface area (Å²) in [5.74, 6) is 1.18. The van der Waals surface area contributed by atoms with Gasteiger partial charge in [-0.3, -0.25) is 4.79 Å². The molecule has 0 saturated heterocycles. The van der Waals surface area contributed by atoms with Gasteiger partial charge in [-0.15, -0.1) is 0 Å². The smallest absolute Gasteiger partial charge is 0.246 e. The molecule has 128 valence electrons. The zero-order valence-electron chi connectivity index (χ0n) is 14.2. The summed E-state index contributed by atoms with van der Waals surface area (Å²) in [5.41, 5.74) is 0.856. The fraction of sp³-hybridized carbons (Fsp3) is 0.471. The molecule has 0 radical (unpaired) electrons. The van der Waals surface area contributed by atoms with Crippen LogP contribution in [0.5, 0.6) is 11.5 Å². The third kappa shape index (κ3) is 6.30. The first-order valence-electron chi connectivity index (χ1n) is 7.33. The minimum atomic E-state index is -0.0890. The normalized spacial score (nSPS) is 10.8. The number of carbonyl (C=O) groups excluding carboxylic acids is 1. The summed E-state index contributed by atoms with van der Waals surface area (Å²) in [7, 11) is 6.38. The van der Waals surface area contributed by atoms with Crippen LogP contribution in [0.2, 0.25) is 0 Å². The first-order chi connectivity index (χ1) is 11.2. The standard InChI is InChI=1S/C17H25NO5/c1-20-11-9-18(10-12-21-2)17(19)8-6-14-5-7-15(22-3)16(13-14)23-4/h5-8,13H,9-12H2,1-4H3/b8-6+. The number of benzene rings is 1. The van der Waals surface area contributed by atoms with Gasteiger partial charge in [0, 0.05) is 33.4 Å². The van der Waals surface area contributed by atoms with E-state index in [0.717, 1.165) is 5.56 Å². The Bertz CT molecular complexity index is 508. The van der Waals surface area contributed by atoms with Crippen LogP contribution in [0.15, 0.2) is 24.3 Å². The molecule has 0 aliphatic heterocycles. The van der Waals surface area contributed by atoms with Gasteiger partial charge in [-0.05, 0) is 23.8 Å². The monoisotopic (exact) mass is 323 g/mol. The fourth-order valence-electron chi connectivity index (χ4n) is 1.96. The molecule has 6 heteroatoms. The molecule has 0 atom stereocenters. The molecule has 0 spiro atoms. The summed E-state index contributed by atoms with van der Waals surface area (Å²) in [5, 5.41) is 0. The van der Waals surface area contributed by atoms with E-state index in [1.807, 2.05) is 12.1 Å². The van der Waals surface area contributed by atoms with Crippen LogP contribution < -0.4 is 9.47 Å². The predicted molar refractivity (Wildman–Crippen MR) is 88.9 cm³/mol. The van der Waals surface area contributed by atoms with Crippen molar-refractivity contribution < 1.29 is 23.7 Å². The Morgan fingerprint density at radius 1 is 1.00 bits per heavy atom. The molecule has 0 saturated carbocycles. The molecule has 6 nitrogen and oxygen atoms in total. The fourth-order valence-corrected chi connectivity index (χ4v) is 1.96. The van der Waals surface area contributed by atoms with Gasteiger partial charge in [-0.1, -0.05) is 6.07 Å². The van der Waals surface area contributed by atoms with Crippen LogP contribution in [-0.4, -0.2) is 65.5 Å². The molecular weight excluding hydrogens is 298 g/mol. The Hall–Kier alpha value is -2.05. The van der Waals surface area contributed by atoms with Gasteiger partial charge in [-0.25, -0.2) is 0 Å². The molecule has 0 aliphatic rings. The van der Waals surface area contributed by atoms with E-state index in [1.165, 1.54) is 6.08 Å². The number of methoxy groups -OCH3 is 4. The number of ether oxygens (including phenoxy) is 4. The van der Waals surface area contributed by atoms with Gasteiger partial charge in [0.1, 0.15) is 0 Å². The lowest BCUT2D eigenvalue weighted by Crippen LogP contribution is -2.35. The van der Waals surface area contributed by atoms with E-state index in [2.05, 4.69) is 0 Å². The number of hydrogen-bond donors (Lipinski definition) is 0. The minimum absolute atomic E-state index is 0.0890. The Balaban J connectivity index is 2.77. The van der Waals surface area contributed by atoms with Gasteiger partial charge in [0.2, 0.25) is 5.91 Å². The van der Waals surface area contributed by atoms with Crippen molar-refractivity contribution in [2.24, 2.45) is 0 Å². The highest BCUT2D eigenvalue weighted by Gasteiger charge is 2.10. The van der Waals surface area contributed by atoms with Crippen molar-refractivity contribution in [1.29, 1.82) is 0 Å². The van der Waals surface area contributed by atoms with E-state index < -0.39 is 0 Å². The average molecular weight is 323 g/mol. The third-order valence-electron chi connectivity index (χ3n) is 3.27. The van der Waals surface area contributed by atoms with Crippen LogP contribution in [0.3, 0.4) is 0 Å². The summed E-state index contributed by atoms with van der Waals surface area (Å²) < 4.78 is 20.5. The lowest BCUT2D eigenvalue weighted by Gasteiger charge is -2.20. The number of carbonyl (C=O) groups is 1. The SMILES string of the molecule is COCCN(CCOC)C(=O)/C=C/c1ccc(OC)c(OC)c1. The molecule has 0 fully saturated rings. The molecule has 23 heavy (non-hydrogen) atoms. The first-order valence-corrected chi connectivity index (χ1v) is 7.33. The van der Waals surface area contributed by atoms with Crippen LogP contribution >= 0.6 is 0 Å². The van der Waals surface area contributed by atoms with Crippen molar-refractivity contribution in [2.45, 2.75) is 0 Å². The quantitative estimate of drug-likeness (QED) is 0.615. The van der Waals surface area contributed by atoms with E-state index in [1.54, 1.807) is 45.5 Å². The molecule has 0 unspecified atom stereocenters. The molecule has 1 aromatic rings. The Morgan fingerprint density at radius 3 is 2.13 bits per heavy atom. The second-order valence-electron chi connectivity index (χ2n) is 4.76. The Labute approximate surface area is 137 Å². The lowest BCUT2D eigenvalue weighted by atomic mass is 10.2. The van der Waals surface area contributed by atoms with Crippen LogP contribution in [0, 0.1) is 0 Å². The Kier molecular flexibility index (Phi) is 8.79.